The molecule has 1 saturated heterocycles. The van der Waals surface area contributed by atoms with E-state index in [1.807, 2.05) is 0 Å². The molecule has 3 rings (SSSR count). The van der Waals surface area contributed by atoms with Gasteiger partial charge in [-0.3, -0.25) is 4.79 Å². The number of hydrogen-bond acceptors (Lipinski definition) is 5. The molecular weight excluding hydrogens is 260 g/mol. The molecule has 0 aromatic carbocycles. The first-order chi connectivity index (χ1) is 9.65. The molecule has 3 atom stereocenters. The summed E-state index contributed by atoms with van der Waals surface area (Å²) in [5.74, 6) is 0.451. The highest BCUT2D eigenvalue weighted by atomic mass is 16.6. The molecule has 1 aliphatic heterocycles. The van der Waals surface area contributed by atoms with Crippen LogP contribution < -0.4 is 5.32 Å². The Kier molecular flexibility index (Phi) is 3.76. The molecule has 1 aromatic rings. The summed E-state index contributed by atoms with van der Waals surface area (Å²) in [6.45, 7) is 4.85. The maximum absolute atomic E-state index is 12.3. The highest BCUT2D eigenvalue weighted by Crippen LogP contribution is 2.27. The van der Waals surface area contributed by atoms with E-state index in [0.717, 1.165) is 19.3 Å². The summed E-state index contributed by atoms with van der Waals surface area (Å²) >= 11 is 0. The highest BCUT2D eigenvalue weighted by Gasteiger charge is 2.35. The van der Waals surface area contributed by atoms with Crippen molar-refractivity contribution in [3.63, 3.8) is 0 Å². The second-order valence-corrected chi connectivity index (χ2v) is 5.50. The number of carbonyl (C=O) groups is 1. The summed E-state index contributed by atoms with van der Waals surface area (Å²) in [7, 11) is 0. The van der Waals surface area contributed by atoms with E-state index in [1.165, 1.54) is 0 Å². The molecule has 1 aromatic heterocycles. The van der Waals surface area contributed by atoms with Crippen LogP contribution in [0.2, 0.25) is 0 Å². The van der Waals surface area contributed by atoms with Crippen LogP contribution in [0, 0.1) is 13.8 Å². The second-order valence-electron chi connectivity index (χ2n) is 5.50. The number of fused-ring (bicyclic) bond motifs is 1. The van der Waals surface area contributed by atoms with Gasteiger partial charge in [0.1, 0.15) is 11.3 Å². The Morgan fingerprint density at radius 3 is 2.65 bits per heavy atom. The lowest BCUT2D eigenvalue weighted by Gasteiger charge is -2.39. The quantitative estimate of drug-likeness (QED) is 0.885. The molecule has 110 valence electrons. The molecule has 1 aliphatic carbocycles. The minimum Gasteiger partial charge on any atom is -0.373 e. The normalized spacial score (nSPS) is 29.8. The van der Waals surface area contributed by atoms with Gasteiger partial charge in [-0.2, -0.15) is 0 Å². The van der Waals surface area contributed by atoms with Crippen LogP contribution in [0.5, 0.6) is 0 Å². The van der Waals surface area contributed by atoms with Crippen LogP contribution in [0.15, 0.2) is 4.52 Å². The van der Waals surface area contributed by atoms with Crippen molar-refractivity contribution in [3.05, 3.63) is 17.0 Å². The number of aromatic nitrogens is 1. The number of rotatable bonds is 2. The third kappa shape index (κ3) is 2.58. The van der Waals surface area contributed by atoms with Crippen LogP contribution in [0.25, 0.3) is 0 Å². The number of ether oxygens (including phenoxy) is 2. The number of amides is 1. The Bertz CT molecular complexity index is 480. The van der Waals surface area contributed by atoms with Crippen LogP contribution in [0.1, 0.15) is 41.1 Å². The third-order valence-electron chi connectivity index (χ3n) is 4.07. The average molecular weight is 280 g/mol. The Labute approximate surface area is 117 Å². The summed E-state index contributed by atoms with van der Waals surface area (Å²) < 4.78 is 16.4. The van der Waals surface area contributed by atoms with Crippen LogP contribution in [0.4, 0.5) is 0 Å². The van der Waals surface area contributed by atoms with Crippen molar-refractivity contribution in [1.29, 1.82) is 0 Å². The third-order valence-corrected chi connectivity index (χ3v) is 4.07. The molecule has 6 nitrogen and oxygen atoms in total. The van der Waals surface area contributed by atoms with E-state index in [-0.39, 0.29) is 24.2 Å². The highest BCUT2D eigenvalue weighted by molar-refractivity contribution is 5.96. The van der Waals surface area contributed by atoms with E-state index in [9.17, 15) is 4.79 Å². The molecular formula is C14H20N2O4. The zero-order chi connectivity index (χ0) is 14.1. The topological polar surface area (TPSA) is 73.6 Å². The molecule has 2 fully saturated rings. The van der Waals surface area contributed by atoms with E-state index < -0.39 is 0 Å². The van der Waals surface area contributed by atoms with Gasteiger partial charge >= 0.3 is 0 Å². The summed E-state index contributed by atoms with van der Waals surface area (Å²) in [5, 5.41) is 6.88. The predicted molar refractivity (Wildman–Crippen MR) is 70.6 cm³/mol. The van der Waals surface area contributed by atoms with E-state index in [4.69, 9.17) is 14.0 Å². The monoisotopic (exact) mass is 280 g/mol. The van der Waals surface area contributed by atoms with Crippen LogP contribution in [-0.4, -0.2) is 42.5 Å². The standard InChI is InChI=1S/C14H20N2O4/c1-8-13(9(2)20-16-8)14(17)15-10-3-4-11-12(7-10)19-6-5-18-11/h10-12H,3-7H2,1-2H3,(H,15,17). The molecule has 0 bridgehead atoms. The lowest BCUT2D eigenvalue weighted by Crippen LogP contribution is -2.49. The van der Waals surface area contributed by atoms with Crippen LogP contribution in [-0.2, 0) is 9.47 Å². The summed E-state index contributed by atoms with van der Waals surface area (Å²) in [4.78, 5) is 12.3. The van der Waals surface area contributed by atoms with E-state index in [1.54, 1.807) is 13.8 Å². The fraction of sp³-hybridized carbons (Fsp3) is 0.714. The van der Waals surface area contributed by atoms with Crippen LogP contribution in [0.3, 0.4) is 0 Å². The summed E-state index contributed by atoms with van der Waals surface area (Å²) in [5.41, 5.74) is 1.18. The van der Waals surface area contributed by atoms with Gasteiger partial charge in [-0.15, -0.1) is 0 Å². The first-order valence-corrected chi connectivity index (χ1v) is 7.12. The van der Waals surface area contributed by atoms with Gasteiger partial charge in [0.25, 0.3) is 5.91 Å². The van der Waals surface area contributed by atoms with E-state index in [0.29, 0.717) is 30.2 Å². The molecule has 1 amide bonds. The average Bonchev–Trinajstić information content (AvgIpc) is 2.78. The zero-order valence-corrected chi connectivity index (χ0v) is 11.8. The molecule has 20 heavy (non-hydrogen) atoms. The number of carbonyl (C=O) groups excluding carboxylic acids is 1. The van der Waals surface area contributed by atoms with Gasteiger partial charge in [-0.05, 0) is 33.1 Å². The molecule has 1 saturated carbocycles. The van der Waals surface area contributed by atoms with Crippen molar-refractivity contribution in [2.75, 3.05) is 13.2 Å². The van der Waals surface area contributed by atoms with Gasteiger partial charge in [0.15, 0.2) is 0 Å². The Morgan fingerprint density at radius 2 is 1.95 bits per heavy atom. The molecule has 0 radical (unpaired) electrons. The number of aryl methyl sites for hydroxylation is 2. The molecule has 0 spiro atoms. The molecule has 2 aliphatic rings. The van der Waals surface area contributed by atoms with Gasteiger partial charge in [0.05, 0.1) is 31.1 Å². The number of hydrogen-bond donors (Lipinski definition) is 1. The van der Waals surface area contributed by atoms with Gasteiger partial charge < -0.3 is 19.3 Å². The number of nitrogens with one attached hydrogen (secondary N) is 1. The van der Waals surface area contributed by atoms with Gasteiger partial charge in [-0.1, -0.05) is 5.16 Å². The minimum absolute atomic E-state index is 0.104. The first kappa shape index (κ1) is 13.6. The lowest BCUT2D eigenvalue weighted by molar-refractivity contribution is -0.157. The smallest absolute Gasteiger partial charge is 0.257 e. The minimum atomic E-state index is -0.110. The van der Waals surface area contributed by atoms with Crippen molar-refractivity contribution >= 4 is 5.91 Å². The van der Waals surface area contributed by atoms with Crippen molar-refractivity contribution in [1.82, 2.24) is 10.5 Å². The van der Waals surface area contributed by atoms with Crippen molar-refractivity contribution in [3.8, 4) is 0 Å². The lowest BCUT2D eigenvalue weighted by atomic mass is 9.89. The largest absolute Gasteiger partial charge is 0.373 e. The first-order valence-electron chi connectivity index (χ1n) is 7.12. The SMILES string of the molecule is Cc1noc(C)c1C(=O)NC1CCC2OCCOC2C1. The summed E-state index contributed by atoms with van der Waals surface area (Å²) in [6, 6.07) is 0.124. The zero-order valence-electron chi connectivity index (χ0n) is 11.8. The predicted octanol–water partition coefficient (Wildman–Crippen LogP) is 1.36. The van der Waals surface area contributed by atoms with Gasteiger partial charge in [0.2, 0.25) is 0 Å². The Balaban J connectivity index is 1.62. The van der Waals surface area contributed by atoms with Crippen LogP contribution >= 0.6 is 0 Å². The Morgan fingerprint density at radius 1 is 1.20 bits per heavy atom. The van der Waals surface area contributed by atoms with E-state index in [2.05, 4.69) is 10.5 Å². The molecule has 2 heterocycles. The van der Waals surface area contributed by atoms with Crippen molar-refractivity contribution in [2.24, 2.45) is 0 Å². The molecule has 3 unspecified atom stereocenters. The fourth-order valence-electron chi connectivity index (χ4n) is 3.06. The van der Waals surface area contributed by atoms with E-state index >= 15 is 0 Å². The number of nitrogens with zero attached hydrogens (tertiary/aromatic N) is 1. The molecule has 1 N–H and O–H groups in total. The maximum Gasteiger partial charge on any atom is 0.257 e. The van der Waals surface area contributed by atoms with Gasteiger partial charge in [0, 0.05) is 6.04 Å². The Hall–Kier alpha value is -1.40. The summed E-state index contributed by atoms with van der Waals surface area (Å²) in [6.07, 6.45) is 2.94. The fourth-order valence-corrected chi connectivity index (χ4v) is 3.06. The second kappa shape index (κ2) is 5.54. The molecule has 6 heteroatoms. The van der Waals surface area contributed by atoms with Crippen molar-refractivity contribution < 1.29 is 18.8 Å². The maximum atomic E-state index is 12.3. The van der Waals surface area contributed by atoms with Gasteiger partial charge in [-0.25, -0.2) is 0 Å². The van der Waals surface area contributed by atoms with Crippen molar-refractivity contribution in [2.45, 2.75) is 51.4 Å².